The number of nitrogens with one attached hydrogen (secondary N) is 1. The van der Waals surface area contributed by atoms with E-state index >= 15 is 0 Å². The van der Waals surface area contributed by atoms with Crippen molar-refractivity contribution in [1.29, 1.82) is 0 Å². The zero-order chi connectivity index (χ0) is 13.3. The van der Waals surface area contributed by atoms with E-state index in [0.717, 1.165) is 20.9 Å². The molecule has 96 valence electrons. The van der Waals surface area contributed by atoms with E-state index in [-0.39, 0.29) is 5.82 Å². The van der Waals surface area contributed by atoms with Crippen LogP contribution < -0.4 is 5.32 Å². The third-order valence-electron chi connectivity index (χ3n) is 2.41. The standard InChI is InChI=1S/C13H15FIN3/c1-8(2)16-13-17-9(3)7-18(13)12-5-4-10(14)6-11(12)15/h4-8H,1-3H3,(H,16,17). The molecule has 0 spiro atoms. The molecule has 1 N–H and O–H groups in total. The highest BCUT2D eigenvalue weighted by molar-refractivity contribution is 14.1. The van der Waals surface area contributed by atoms with Crippen molar-refractivity contribution in [3.8, 4) is 5.69 Å². The summed E-state index contributed by atoms with van der Waals surface area (Å²) in [5.41, 5.74) is 1.86. The Kier molecular flexibility index (Phi) is 3.89. The third kappa shape index (κ3) is 2.82. The van der Waals surface area contributed by atoms with Gasteiger partial charge in [-0.25, -0.2) is 9.37 Å². The molecule has 1 aromatic carbocycles. The van der Waals surface area contributed by atoms with Gasteiger partial charge in [-0.1, -0.05) is 0 Å². The number of aromatic nitrogens is 2. The Hall–Kier alpha value is -1.11. The van der Waals surface area contributed by atoms with Crippen LogP contribution in [0.2, 0.25) is 0 Å². The minimum absolute atomic E-state index is 0.224. The van der Waals surface area contributed by atoms with Gasteiger partial charge in [0.05, 0.1) is 11.4 Å². The molecule has 0 saturated heterocycles. The van der Waals surface area contributed by atoms with Crippen LogP contribution in [0.25, 0.3) is 5.69 Å². The molecule has 0 fully saturated rings. The van der Waals surface area contributed by atoms with Crippen molar-refractivity contribution in [1.82, 2.24) is 9.55 Å². The lowest BCUT2D eigenvalue weighted by atomic mass is 10.3. The fourth-order valence-electron chi connectivity index (χ4n) is 1.72. The first-order chi connectivity index (χ1) is 8.47. The smallest absolute Gasteiger partial charge is 0.207 e. The van der Waals surface area contributed by atoms with Gasteiger partial charge in [0.15, 0.2) is 0 Å². The number of rotatable bonds is 3. The van der Waals surface area contributed by atoms with Gasteiger partial charge in [-0.05, 0) is 61.6 Å². The molecule has 1 aromatic heterocycles. The average molecular weight is 359 g/mol. The maximum atomic E-state index is 13.1. The second-order valence-corrected chi connectivity index (χ2v) is 5.63. The predicted molar refractivity (Wildman–Crippen MR) is 79.7 cm³/mol. The molecular weight excluding hydrogens is 344 g/mol. The van der Waals surface area contributed by atoms with Gasteiger partial charge in [-0.2, -0.15) is 0 Å². The Labute approximate surface area is 120 Å². The number of halogens is 2. The van der Waals surface area contributed by atoms with Crippen LogP contribution in [0, 0.1) is 16.3 Å². The lowest BCUT2D eigenvalue weighted by Crippen LogP contribution is -2.14. The average Bonchev–Trinajstić information content (AvgIpc) is 2.58. The first kappa shape index (κ1) is 13.3. The number of anilines is 1. The summed E-state index contributed by atoms with van der Waals surface area (Å²) >= 11 is 2.13. The number of aryl methyl sites for hydroxylation is 1. The molecule has 0 atom stereocenters. The molecule has 18 heavy (non-hydrogen) atoms. The molecule has 5 heteroatoms. The molecule has 0 aliphatic carbocycles. The predicted octanol–water partition coefficient (Wildman–Crippen LogP) is 3.74. The van der Waals surface area contributed by atoms with Crippen LogP contribution in [0.3, 0.4) is 0 Å². The monoisotopic (exact) mass is 359 g/mol. The van der Waals surface area contributed by atoms with Gasteiger partial charge in [0, 0.05) is 15.8 Å². The molecular formula is C13H15FIN3. The van der Waals surface area contributed by atoms with E-state index in [9.17, 15) is 4.39 Å². The molecule has 2 rings (SSSR count). The van der Waals surface area contributed by atoms with Gasteiger partial charge in [0.1, 0.15) is 5.82 Å². The second kappa shape index (κ2) is 5.26. The fourth-order valence-corrected chi connectivity index (χ4v) is 2.46. The summed E-state index contributed by atoms with van der Waals surface area (Å²) < 4.78 is 15.9. The van der Waals surface area contributed by atoms with Gasteiger partial charge >= 0.3 is 0 Å². The summed E-state index contributed by atoms with van der Waals surface area (Å²) in [7, 11) is 0. The van der Waals surface area contributed by atoms with Crippen LogP contribution in [0.4, 0.5) is 10.3 Å². The van der Waals surface area contributed by atoms with Crippen LogP contribution in [-0.4, -0.2) is 15.6 Å². The van der Waals surface area contributed by atoms with Crippen molar-refractivity contribution in [2.24, 2.45) is 0 Å². The van der Waals surface area contributed by atoms with E-state index in [0.29, 0.717) is 6.04 Å². The first-order valence-electron chi connectivity index (χ1n) is 5.75. The molecule has 0 aliphatic rings. The lowest BCUT2D eigenvalue weighted by Gasteiger charge is -2.13. The van der Waals surface area contributed by atoms with E-state index in [1.807, 2.05) is 17.7 Å². The summed E-state index contributed by atoms with van der Waals surface area (Å²) in [5, 5.41) is 3.29. The molecule has 0 radical (unpaired) electrons. The SMILES string of the molecule is Cc1cn(-c2ccc(F)cc2I)c(NC(C)C)n1. The topological polar surface area (TPSA) is 29.9 Å². The normalized spacial score (nSPS) is 11.0. The van der Waals surface area contributed by atoms with Crippen molar-refractivity contribution in [3.05, 3.63) is 39.5 Å². The number of benzene rings is 1. The Morgan fingerprint density at radius 3 is 2.72 bits per heavy atom. The summed E-state index contributed by atoms with van der Waals surface area (Å²) in [4.78, 5) is 4.45. The summed E-state index contributed by atoms with van der Waals surface area (Å²) in [6.07, 6.45) is 1.94. The number of hydrogen-bond donors (Lipinski definition) is 1. The van der Waals surface area contributed by atoms with Gasteiger partial charge in [-0.3, -0.25) is 4.57 Å². The third-order valence-corrected chi connectivity index (χ3v) is 3.28. The maximum Gasteiger partial charge on any atom is 0.207 e. The fraction of sp³-hybridized carbons (Fsp3) is 0.308. The molecule has 0 saturated carbocycles. The molecule has 0 unspecified atom stereocenters. The molecule has 2 aromatic rings. The van der Waals surface area contributed by atoms with Crippen LogP contribution in [0.5, 0.6) is 0 Å². The second-order valence-electron chi connectivity index (χ2n) is 4.47. The lowest BCUT2D eigenvalue weighted by molar-refractivity contribution is 0.626. The Bertz CT molecular complexity index is 563. The maximum absolute atomic E-state index is 13.1. The minimum Gasteiger partial charge on any atom is -0.353 e. The van der Waals surface area contributed by atoms with Crippen molar-refractivity contribution in [3.63, 3.8) is 0 Å². The van der Waals surface area contributed by atoms with Crippen molar-refractivity contribution in [2.45, 2.75) is 26.8 Å². The zero-order valence-electron chi connectivity index (χ0n) is 10.5. The molecule has 0 amide bonds. The Morgan fingerprint density at radius 1 is 1.39 bits per heavy atom. The van der Waals surface area contributed by atoms with Gasteiger partial charge in [0.25, 0.3) is 0 Å². The molecule has 3 nitrogen and oxygen atoms in total. The zero-order valence-corrected chi connectivity index (χ0v) is 12.7. The highest BCUT2D eigenvalue weighted by Gasteiger charge is 2.11. The number of imidazole rings is 1. The Balaban J connectivity index is 2.49. The molecule has 0 bridgehead atoms. The highest BCUT2D eigenvalue weighted by atomic mass is 127. The van der Waals surface area contributed by atoms with Gasteiger partial charge in [0.2, 0.25) is 5.95 Å². The minimum atomic E-state index is -0.224. The van der Waals surface area contributed by atoms with Gasteiger partial charge < -0.3 is 5.32 Å². The van der Waals surface area contributed by atoms with E-state index in [1.165, 1.54) is 12.1 Å². The van der Waals surface area contributed by atoms with Crippen molar-refractivity contribution < 1.29 is 4.39 Å². The molecule has 0 aliphatic heterocycles. The van der Waals surface area contributed by atoms with E-state index < -0.39 is 0 Å². The number of hydrogen-bond acceptors (Lipinski definition) is 2. The van der Waals surface area contributed by atoms with E-state index in [2.05, 4.69) is 46.7 Å². The largest absolute Gasteiger partial charge is 0.353 e. The van der Waals surface area contributed by atoms with E-state index in [1.54, 1.807) is 6.07 Å². The highest BCUT2D eigenvalue weighted by Crippen LogP contribution is 2.23. The van der Waals surface area contributed by atoms with Crippen LogP contribution in [0.1, 0.15) is 19.5 Å². The number of nitrogens with zero attached hydrogens (tertiary/aromatic N) is 2. The summed E-state index contributed by atoms with van der Waals surface area (Å²) in [5.74, 6) is 0.561. The first-order valence-corrected chi connectivity index (χ1v) is 6.83. The van der Waals surface area contributed by atoms with Gasteiger partial charge in [-0.15, -0.1) is 0 Å². The van der Waals surface area contributed by atoms with Crippen LogP contribution in [0.15, 0.2) is 24.4 Å². The Morgan fingerprint density at radius 2 is 2.11 bits per heavy atom. The van der Waals surface area contributed by atoms with Crippen LogP contribution >= 0.6 is 22.6 Å². The quantitative estimate of drug-likeness (QED) is 0.847. The molecule has 1 heterocycles. The summed E-state index contributed by atoms with van der Waals surface area (Å²) in [6, 6.07) is 5.05. The van der Waals surface area contributed by atoms with Crippen molar-refractivity contribution in [2.75, 3.05) is 5.32 Å². The van der Waals surface area contributed by atoms with Crippen molar-refractivity contribution >= 4 is 28.5 Å². The summed E-state index contributed by atoms with van der Waals surface area (Å²) in [6.45, 7) is 6.06. The van der Waals surface area contributed by atoms with E-state index in [4.69, 9.17) is 0 Å². The van der Waals surface area contributed by atoms with Crippen LogP contribution in [-0.2, 0) is 0 Å².